The number of nitrogen functional groups attached to an aromatic ring is 1. The van der Waals surface area contributed by atoms with Crippen molar-refractivity contribution in [2.45, 2.75) is 0 Å². The molecule has 2 N–H and O–H groups in total. The molecule has 0 saturated heterocycles. The third-order valence-electron chi connectivity index (χ3n) is 2.94. The smallest absolute Gasteiger partial charge is 0.194 e. The fourth-order valence-electron chi connectivity index (χ4n) is 1.87. The number of hydrogen-bond acceptors (Lipinski definition) is 3. The molecular weight excluding hydrogens is 297 g/mol. The first-order valence-electron chi connectivity index (χ1n) is 6.01. The minimum Gasteiger partial charge on any atom is -0.399 e. The van der Waals surface area contributed by atoms with Crippen molar-refractivity contribution in [3.8, 4) is 21.8 Å². The number of thiazole rings is 1. The van der Waals surface area contributed by atoms with Crippen molar-refractivity contribution in [2.24, 2.45) is 0 Å². The lowest BCUT2D eigenvalue weighted by molar-refractivity contribution is 0.447. The van der Waals surface area contributed by atoms with Crippen LogP contribution >= 0.6 is 11.3 Å². The maximum Gasteiger partial charge on any atom is 0.194 e. The topological polar surface area (TPSA) is 38.9 Å². The number of nitrogens with zero attached hydrogens (tertiary/aromatic N) is 1. The summed E-state index contributed by atoms with van der Waals surface area (Å²) < 4.78 is 39.5. The van der Waals surface area contributed by atoms with Crippen LogP contribution in [-0.2, 0) is 0 Å². The Hall–Kier alpha value is -2.34. The van der Waals surface area contributed by atoms with Gasteiger partial charge in [-0.3, -0.25) is 0 Å². The molecule has 0 saturated carbocycles. The summed E-state index contributed by atoms with van der Waals surface area (Å²) in [4.78, 5) is 4.31. The van der Waals surface area contributed by atoms with E-state index in [9.17, 15) is 13.2 Å². The van der Waals surface area contributed by atoms with Crippen molar-refractivity contribution >= 4 is 17.0 Å². The molecule has 0 fully saturated rings. The zero-order valence-corrected chi connectivity index (χ0v) is 11.4. The molecule has 6 heteroatoms. The predicted molar refractivity (Wildman–Crippen MR) is 77.3 cm³/mol. The molecule has 2 nitrogen and oxygen atoms in total. The molecule has 1 aromatic heterocycles. The Morgan fingerprint density at radius 1 is 0.905 bits per heavy atom. The molecule has 0 aliphatic heterocycles. The first-order valence-corrected chi connectivity index (χ1v) is 6.89. The lowest BCUT2D eigenvalue weighted by Crippen LogP contribution is -1.91. The molecule has 1 heterocycles. The number of rotatable bonds is 2. The fraction of sp³-hybridized carbons (Fsp3) is 0. The van der Waals surface area contributed by atoms with E-state index in [0.29, 0.717) is 16.4 Å². The van der Waals surface area contributed by atoms with Crippen LogP contribution in [0.4, 0.5) is 18.9 Å². The van der Waals surface area contributed by atoms with Crippen LogP contribution in [0.25, 0.3) is 21.8 Å². The quantitative estimate of drug-likeness (QED) is 0.560. The van der Waals surface area contributed by atoms with Gasteiger partial charge in [-0.25, -0.2) is 18.2 Å². The summed E-state index contributed by atoms with van der Waals surface area (Å²) >= 11 is 1.23. The van der Waals surface area contributed by atoms with Gasteiger partial charge in [0.25, 0.3) is 0 Å². The summed E-state index contributed by atoms with van der Waals surface area (Å²) in [6.45, 7) is 0. The van der Waals surface area contributed by atoms with Crippen molar-refractivity contribution in [1.29, 1.82) is 0 Å². The molecule has 106 valence electrons. The Kier molecular flexibility index (Phi) is 3.39. The Morgan fingerprint density at radius 2 is 1.52 bits per heavy atom. The Bertz CT molecular complexity index is 774. The van der Waals surface area contributed by atoms with Gasteiger partial charge in [0.05, 0.1) is 5.69 Å². The van der Waals surface area contributed by atoms with E-state index < -0.39 is 17.5 Å². The van der Waals surface area contributed by atoms with Crippen LogP contribution in [-0.4, -0.2) is 4.98 Å². The molecule has 0 bridgehead atoms. The molecular formula is C15H9F3N2S. The van der Waals surface area contributed by atoms with Crippen molar-refractivity contribution in [1.82, 2.24) is 4.98 Å². The second-order valence-electron chi connectivity index (χ2n) is 4.41. The third kappa shape index (κ3) is 2.62. The van der Waals surface area contributed by atoms with E-state index in [0.717, 1.165) is 17.7 Å². The van der Waals surface area contributed by atoms with E-state index >= 15 is 0 Å². The number of benzene rings is 2. The van der Waals surface area contributed by atoms with Gasteiger partial charge < -0.3 is 5.73 Å². The molecule has 21 heavy (non-hydrogen) atoms. The molecule has 0 spiro atoms. The highest BCUT2D eigenvalue weighted by atomic mass is 32.1. The standard InChI is InChI=1S/C15H9F3N2S/c16-11-5-9(6-12(17)14(11)18)15-20-13(7-21-15)8-1-3-10(19)4-2-8/h1-7H,19H2. The van der Waals surface area contributed by atoms with Crippen LogP contribution in [0.5, 0.6) is 0 Å². The molecule has 0 amide bonds. The normalized spacial score (nSPS) is 10.8. The van der Waals surface area contributed by atoms with Gasteiger partial charge in [-0.05, 0) is 24.3 Å². The Balaban J connectivity index is 2.00. The van der Waals surface area contributed by atoms with Gasteiger partial charge in [-0.15, -0.1) is 11.3 Å². The average molecular weight is 306 g/mol. The fourth-order valence-corrected chi connectivity index (χ4v) is 2.69. The second-order valence-corrected chi connectivity index (χ2v) is 5.27. The maximum absolute atomic E-state index is 13.2. The lowest BCUT2D eigenvalue weighted by atomic mass is 10.1. The van der Waals surface area contributed by atoms with Crippen LogP contribution in [0.1, 0.15) is 0 Å². The van der Waals surface area contributed by atoms with Gasteiger partial charge in [-0.2, -0.15) is 0 Å². The van der Waals surface area contributed by atoms with Gasteiger partial charge in [0.1, 0.15) is 5.01 Å². The lowest BCUT2D eigenvalue weighted by Gasteiger charge is -2.00. The van der Waals surface area contributed by atoms with Gasteiger partial charge >= 0.3 is 0 Å². The summed E-state index contributed by atoms with van der Waals surface area (Å²) in [5, 5.41) is 2.18. The van der Waals surface area contributed by atoms with E-state index in [-0.39, 0.29) is 5.56 Å². The molecule has 0 aliphatic rings. The zero-order valence-electron chi connectivity index (χ0n) is 10.6. The molecule has 0 radical (unpaired) electrons. The summed E-state index contributed by atoms with van der Waals surface area (Å²) in [6.07, 6.45) is 0. The number of nitrogens with two attached hydrogens (primary N) is 1. The van der Waals surface area contributed by atoms with Gasteiger partial charge in [-0.1, -0.05) is 12.1 Å². The molecule has 3 rings (SSSR count). The van der Waals surface area contributed by atoms with Gasteiger partial charge in [0.15, 0.2) is 17.5 Å². The largest absolute Gasteiger partial charge is 0.399 e. The minimum absolute atomic E-state index is 0.207. The summed E-state index contributed by atoms with van der Waals surface area (Å²) in [5.41, 5.74) is 7.96. The van der Waals surface area contributed by atoms with E-state index in [1.807, 2.05) is 0 Å². The molecule has 2 aromatic carbocycles. The monoisotopic (exact) mass is 306 g/mol. The van der Waals surface area contributed by atoms with Gasteiger partial charge in [0, 0.05) is 22.2 Å². The molecule has 0 atom stereocenters. The maximum atomic E-state index is 13.2. The van der Waals surface area contributed by atoms with Crippen LogP contribution in [0, 0.1) is 17.5 Å². The SMILES string of the molecule is Nc1ccc(-c2csc(-c3cc(F)c(F)c(F)c3)n2)cc1. The van der Waals surface area contributed by atoms with E-state index in [2.05, 4.69) is 4.98 Å². The van der Waals surface area contributed by atoms with E-state index in [4.69, 9.17) is 5.73 Å². The number of hydrogen-bond donors (Lipinski definition) is 1. The predicted octanol–water partition coefficient (Wildman–Crippen LogP) is 4.48. The number of halogens is 3. The average Bonchev–Trinajstić information content (AvgIpc) is 2.95. The van der Waals surface area contributed by atoms with Crippen LogP contribution in [0.2, 0.25) is 0 Å². The first kappa shape index (κ1) is 13.6. The minimum atomic E-state index is -1.48. The highest BCUT2D eigenvalue weighted by Gasteiger charge is 2.14. The van der Waals surface area contributed by atoms with Crippen LogP contribution in [0.15, 0.2) is 41.8 Å². The summed E-state index contributed by atoms with van der Waals surface area (Å²) in [7, 11) is 0. The van der Waals surface area contributed by atoms with Crippen molar-refractivity contribution in [2.75, 3.05) is 5.73 Å². The van der Waals surface area contributed by atoms with Crippen LogP contribution in [0.3, 0.4) is 0 Å². The zero-order chi connectivity index (χ0) is 15.0. The summed E-state index contributed by atoms with van der Waals surface area (Å²) in [5.74, 6) is -3.93. The number of anilines is 1. The third-order valence-corrected chi connectivity index (χ3v) is 3.83. The van der Waals surface area contributed by atoms with Crippen LogP contribution < -0.4 is 5.73 Å². The van der Waals surface area contributed by atoms with Crippen molar-refractivity contribution in [3.05, 3.63) is 59.2 Å². The first-order chi connectivity index (χ1) is 10.0. The van der Waals surface area contributed by atoms with Crippen molar-refractivity contribution < 1.29 is 13.2 Å². The number of aromatic nitrogens is 1. The summed E-state index contributed by atoms with van der Waals surface area (Å²) in [6, 6.07) is 8.96. The van der Waals surface area contributed by atoms with Crippen molar-refractivity contribution in [3.63, 3.8) is 0 Å². The molecule has 3 aromatic rings. The van der Waals surface area contributed by atoms with E-state index in [1.54, 1.807) is 29.6 Å². The Morgan fingerprint density at radius 3 is 2.14 bits per heavy atom. The highest BCUT2D eigenvalue weighted by Crippen LogP contribution is 2.30. The molecule has 0 aliphatic carbocycles. The molecule has 0 unspecified atom stereocenters. The Labute approximate surface area is 122 Å². The second kappa shape index (κ2) is 5.21. The van der Waals surface area contributed by atoms with Gasteiger partial charge in [0.2, 0.25) is 0 Å². The highest BCUT2D eigenvalue weighted by molar-refractivity contribution is 7.13. The van der Waals surface area contributed by atoms with E-state index in [1.165, 1.54) is 11.3 Å².